The average molecular weight is 877 g/mol. The first-order chi connectivity index (χ1) is 30.3. The van der Waals surface area contributed by atoms with Crippen molar-refractivity contribution in [2.75, 3.05) is 13.2 Å². The molecule has 0 bridgehead atoms. The Hall–Kier alpha value is -1.59. The highest BCUT2D eigenvalue weighted by Gasteiger charge is 2.19. The average Bonchev–Trinajstić information content (AvgIpc) is 3.26. The molecule has 0 aliphatic rings. The molecule has 0 saturated heterocycles. The van der Waals surface area contributed by atoms with Crippen LogP contribution in [-0.4, -0.2) is 37.2 Å². The second-order valence-corrected chi connectivity index (χ2v) is 19.9. The Morgan fingerprint density at radius 3 is 0.919 bits per heavy atom. The highest BCUT2D eigenvalue weighted by molar-refractivity contribution is 5.71. The number of hydrogen-bond donors (Lipinski definition) is 0. The van der Waals surface area contributed by atoms with E-state index in [4.69, 9.17) is 14.2 Å². The van der Waals surface area contributed by atoms with Gasteiger partial charge < -0.3 is 14.2 Å². The van der Waals surface area contributed by atoms with Crippen molar-refractivity contribution in [1.82, 2.24) is 0 Å². The fourth-order valence-electron chi connectivity index (χ4n) is 8.49. The SMILES string of the molecule is CCCCCCCCCCCCCCCCCCCC(=O)OC[C@@H](COC(=O)CCCCCCCCC(C)CC)OC(=O)CCCCCCCCCCCCCCCCC(C)C. The highest BCUT2D eigenvalue weighted by Crippen LogP contribution is 2.18. The zero-order valence-electron chi connectivity index (χ0n) is 42.5. The number of hydrogen-bond acceptors (Lipinski definition) is 6. The molecule has 0 rings (SSSR count). The third-order valence-electron chi connectivity index (χ3n) is 13.1. The number of unbranched alkanes of at least 4 members (excludes halogenated alkanes) is 34. The fourth-order valence-corrected chi connectivity index (χ4v) is 8.49. The minimum absolute atomic E-state index is 0.0637. The Morgan fingerprint density at radius 1 is 0.339 bits per heavy atom. The molecule has 1 unspecified atom stereocenters. The zero-order valence-corrected chi connectivity index (χ0v) is 42.5. The van der Waals surface area contributed by atoms with Gasteiger partial charge in [0, 0.05) is 19.3 Å². The molecule has 0 saturated carbocycles. The van der Waals surface area contributed by atoms with E-state index in [9.17, 15) is 14.4 Å². The highest BCUT2D eigenvalue weighted by atomic mass is 16.6. The lowest BCUT2D eigenvalue weighted by atomic mass is 10.00. The van der Waals surface area contributed by atoms with Crippen molar-refractivity contribution in [2.45, 2.75) is 317 Å². The summed E-state index contributed by atoms with van der Waals surface area (Å²) in [7, 11) is 0. The maximum absolute atomic E-state index is 12.8. The minimum atomic E-state index is -0.763. The van der Waals surface area contributed by atoms with Crippen LogP contribution in [0.25, 0.3) is 0 Å². The zero-order chi connectivity index (χ0) is 45.4. The van der Waals surface area contributed by atoms with E-state index in [1.165, 1.54) is 199 Å². The molecule has 0 heterocycles. The van der Waals surface area contributed by atoms with Gasteiger partial charge in [-0.3, -0.25) is 14.4 Å². The molecule has 0 spiro atoms. The molecule has 0 amide bonds. The number of carbonyl (C=O) groups is 3. The molecule has 62 heavy (non-hydrogen) atoms. The Balaban J connectivity index is 4.26. The van der Waals surface area contributed by atoms with E-state index in [0.29, 0.717) is 19.3 Å². The Morgan fingerprint density at radius 2 is 0.613 bits per heavy atom. The van der Waals surface area contributed by atoms with E-state index in [2.05, 4.69) is 34.6 Å². The summed E-state index contributed by atoms with van der Waals surface area (Å²) in [6.45, 7) is 11.4. The lowest BCUT2D eigenvalue weighted by Crippen LogP contribution is -2.30. The lowest BCUT2D eigenvalue weighted by molar-refractivity contribution is -0.167. The van der Waals surface area contributed by atoms with Crippen molar-refractivity contribution < 1.29 is 28.6 Å². The molecule has 6 nitrogen and oxygen atoms in total. The van der Waals surface area contributed by atoms with Crippen molar-refractivity contribution in [2.24, 2.45) is 11.8 Å². The third kappa shape index (κ3) is 47.9. The van der Waals surface area contributed by atoms with Crippen molar-refractivity contribution in [3.8, 4) is 0 Å². The van der Waals surface area contributed by atoms with E-state index in [1.54, 1.807) is 0 Å². The molecule has 0 aromatic heterocycles. The van der Waals surface area contributed by atoms with Gasteiger partial charge in [0.15, 0.2) is 6.10 Å². The monoisotopic (exact) mass is 877 g/mol. The van der Waals surface area contributed by atoms with Gasteiger partial charge >= 0.3 is 17.9 Å². The topological polar surface area (TPSA) is 78.9 Å². The van der Waals surface area contributed by atoms with Crippen molar-refractivity contribution in [3.63, 3.8) is 0 Å². The van der Waals surface area contributed by atoms with Gasteiger partial charge in [-0.1, -0.05) is 272 Å². The van der Waals surface area contributed by atoms with Crippen LogP contribution in [0.3, 0.4) is 0 Å². The predicted molar refractivity (Wildman–Crippen MR) is 266 cm³/mol. The molecule has 0 aromatic rings. The normalized spacial score (nSPS) is 12.5. The number of ether oxygens (including phenoxy) is 3. The van der Waals surface area contributed by atoms with E-state index in [1.807, 2.05) is 0 Å². The predicted octanol–water partition coefficient (Wildman–Crippen LogP) is 18.1. The number of esters is 3. The summed E-state index contributed by atoms with van der Waals surface area (Å²) < 4.78 is 16.8. The standard InChI is InChI=1S/C56H108O6/c1-6-8-9-10-11-12-13-14-15-16-17-21-24-27-30-36-41-46-54(57)60-49-53(50-61-55(58)47-42-37-33-32-35-40-45-52(5)7-2)62-56(59)48-43-38-31-28-25-22-19-18-20-23-26-29-34-39-44-51(3)4/h51-53H,6-50H2,1-5H3/t52?,53-/m0/s1. The van der Waals surface area contributed by atoms with Crippen LogP contribution in [0.15, 0.2) is 0 Å². The maximum atomic E-state index is 12.8. The molecular formula is C56H108O6. The van der Waals surface area contributed by atoms with E-state index in [0.717, 1.165) is 69.6 Å². The van der Waals surface area contributed by atoms with Gasteiger partial charge in [-0.2, -0.15) is 0 Å². The van der Waals surface area contributed by atoms with Crippen LogP contribution in [-0.2, 0) is 28.6 Å². The summed E-state index contributed by atoms with van der Waals surface area (Å²) in [5.74, 6) is 0.811. The molecule has 0 aliphatic carbocycles. The first-order valence-electron chi connectivity index (χ1n) is 27.8. The molecule has 368 valence electrons. The summed E-state index contributed by atoms with van der Waals surface area (Å²) >= 11 is 0. The fraction of sp³-hybridized carbons (Fsp3) is 0.946. The van der Waals surface area contributed by atoms with Gasteiger partial charge in [0.05, 0.1) is 0 Å². The summed E-state index contributed by atoms with van der Waals surface area (Å²) in [6, 6.07) is 0. The first-order valence-corrected chi connectivity index (χ1v) is 27.8. The maximum Gasteiger partial charge on any atom is 0.306 e. The molecule has 0 radical (unpaired) electrons. The largest absolute Gasteiger partial charge is 0.462 e. The van der Waals surface area contributed by atoms with Crippen molar-refractivity contribution >= 4 is 17.9 Å². The van der Waals surface area contributed by atoms with E-state index >= 15 is 0 Å². The van der Waals surface area contributed by atoms with Gasteiger partial charge in [0.1, 0.15) is 13.2 Å². The molecule has 0 aliphatic heterocycles. The molecule has 0 N–H and O–H groups in total. The third-order valence-corrected chi connectivity index (χ3v) is 13.1. The van der Waals surface area contributed by atoms with Gasteiger partial charge in [-0.25, -0.2) is 0 Å². The van der Waals surface area contributed by atoms with Gasteiger partial charge in [0.25, 0.3) is 0 Å². The van der Waals surface area contributed by atoms with Gasteiger partial charge in [-0.05, 0) is 31.1 Å². The van der Waals surface area contributed by atoms with Gasteiger partial charge in [0.2, 0.25) is 0 Å². The Labute approximate surface area is 387 Å². The smallest absolute Gasteiger partial charge is 0.306 e. The summed E-state index contributed by atoms with van der Waals surface area (Å²) in [5, 5.41) is 0. The van der Waals surface area contributed by atoms with Crippen LogP contribution in [0.4, 0.5) is 0 Å². The van der Waals surface area contributed by atoms with Crippen LogP contribution in [0, 0.1) is 11.8 Å². The van der Waals surface area contributed by atoms with Gasteiger partial charge in [-0.15, -0.1) is 0 Å². The molecule has 0 aromatic carbocycles. The van der Waals surface area contributed by atoms with E-state index < -0.39 is 6.10 Å². The number of carbonyl (C=O) groups excluding carboxylic acids is 3. The quantitative estimate of drug-likeness (QED) is 0.0344. The van der Waals surface area contributed by atoms with E-state index in [-0.39, 0.29) is 31.1 Å². The second kappa shape index (κ2) is 48.9. The van der Waals surface area contributed by atoms with Crippen molar-refractivity contribution in [3.05, 3.63) is 0 Å². The number of rotatable bonds is 50. The Bertz CT molecular complexity index is 949. The minimum Gasteiger partial charge on any atom is -0.462 e. The van der Waals surface area contributed by atoms with Crippen LogP contribution < -0.4 is 0 Å². The Kier molecular flexibility index (Phi) is 47.6. The van der Waals surface area contributed by atoms with Crippen molar-refractivity contribution in [1.29, 1.82) is 0 Å². The summed E-state index contributed by atoms with van der Waals surface area (Å²) in [5.41, 5.74) is 0. The first kappa shape index (κ1) is 60.4. The van der Waals surface area contributed by atoms with Crippen LogP contribution in [0.1, 0.15) is 311 Å². The summed E-state index contributed by atoms with van der Waals surface area (Å²) in [4.78, 5) is 38.0. The molecule has 6 heteroatoms. The summed E-state index contributed by atoms with van der Waals surface area (Å²) in [6.07, 6.45) is 51.0. The van der Waals surface area contributed by atoms with Crippen LogP contribution in [0.2, 0.25) is 0 Å². The molecule has 0 fully saturated rings. The van der Waals surface area contributed by atoms with Crippen LogP contribution >= 0.6 is 0 Å². The molecular weight excluding hydrogens is 769 g/mol. The lowest BCUT2D eigenvalue weighted by Gasteiger charge is -2.18. The second-order valence-electron chi connectivity index (χ2n) is 19.9. The molecule has 2 atom stereocenters. The van der Waals surface area contributed by atoms with Crippen LogP contribution in [0.5, 0.6) is 0 Å².